The molecule has 3 heterocycles. The quantitative estimate of drug-likeness (QED) is 0.503. The molecule has 0 saturated heterocycles. The number of carbonyl (C=O) groups is 1. The first-order valence-corrected chi connectivity index (χ1v) is 11.0. The molecule has 0 atom stereocenters. The van der Waals surface area contributed by atoms with E-state index in [2.05, 4.69) is 25.3 Å². The van der Waals surface area contributed by atoms with Crippen molar-refractivity contribution in [3.8, 4) is 10.4 Å². The van der Waals surface area contributed by atoms with Crippen LogP contribution in [0.4, 0.5) is 15.6 Å². The van der Waals surface area contributed by atoms with Crippen molar-refractivity contribution in [2.45, 2.75) is 13.5 Å². The molecule has 12 heteroatoms. The molecular weight excluding hydrogens is 426 g/mol. The lowest BCUT2D eigenvalue weighted by Gasteiger charge is -2.07. The topological polar surface area (TPSA) is 126 Å². The number of pyridine rings is 1. The van der Waals surface area contributed by atoms with Crippen LogP contribution in [0.2, 0.25) is 5.15 Å². The second kappa shape index (κ2) is 8.17. The molecular formula is C16H16ClN5O4S2. The van der Waals surface area contributed by atoms with Crippen molar-refractivity contribution in [2.75, 3.05) is 16.3 Å². The summed E-state index contributed by atoms with van der Waals surface area (Å²) in [4.78, 5) is 21.1. The molecule has 0 spiro atoms. The van der Waals surface area contributed by atoms with E-state index >= 15 is 0 Å². The molecule has 0 aliphatic rings. The number of hydrogen-bond acceptors (Lipinski definition) is 7. The Balaban J connectivity index is 1.75. The summed E-state index contributed by atoms with van der Waals surface area (Å²) in [5, 5.41) is 5.74. The summed E-state index contributed by atoms with van der Waals surface area (Å²) in [5.74, 6) is 0.629. The maximum absolute atomic E-state index is 12.0. The lowest BCUT2D eigenvalue weighted by Crippen LogP contribution is -2.27. The van der Waals surface area contributed by atoms with Crippen LogP contribution in [-0.2, 0) is 16.6 Å². The Morgan fingerprint density at radius 2 is 2.18 bits per heavy atom. The van der Waals surface area contributed by atoms with Crippen molar-refractivity contribution < 1.29 is 17.6 Å². The van der Waals surface area contributed by atoms with Crippen molar-refractivity contribution >= 4 is 49.8 Å². The number of thiazole rings is 1. The molecule has 0 aliphatic carbocycles. The molecule has 3 aromatic rings. The number of urea groups is 1. The number of nitrogens with one attached hydrogen (secondary N) is 3. The first-order valence-electron chi connectivity index (χ1n) is 7.89. The predicted molar refractivity (Wildman–Crippen MR) is 108 cm³/mol. The first kappa shape index (κ1) is 20.1. The molecule has 0 unspecified atom stereocenters. The number of halogens is 1. The molecule has 3 rings (SSSR count). The van der Waals surface area contributed by atoms with E-state index in [0.717, 1.165) is 11.1 Å². The average Bonchev–Trinajstić information content (AvgIpc) is 3.23. The number of furan rings is 1. The summed E-state index contributed by atoms with van der Waals surface area (Å²) >= 11 is 7.19. The minimum absolute atomic E-state index is 0.0343. The fourth-order valence-corrected chi connectivity index (χ4v) is 3.99. The van der Waals surface area contributed by atoms with E-state index in [0.29, 0.717) is 22.1 Å². The lowest BCUT2D eigenvalue weighted by molar-refractivity contribution is 0.251. The van der Waals surface area contributed by atoms with Crippen molar-refractivity contribution in [3.63, 3.8) is 0 Å². The minimum Gasteiger partial charge on any atom is -0.467 e. The molecule has 9 nitrogen and oxygen atoms in total. The average molecular weight is 442 g/mol. The third kappa shape index (κ3) is 5.21. The van der Waals surface area contributed by atoms with Crippen LogP contribution in [0.15, 0.2) is 35.1 Å². The van der Waals surface area contributed by atoms with Crippen LogP contribution in [-0.4, -0.2) is 30.7 Å². The summed E-state index contributed by atoms with van der Waals surface area (Å²) in [6.45, 7) is 2.02. The zero-order chi connectivity index (χ0) is 20.3. The summed E-state index contributed by atoms with van der Waals surface area (Å²) in [5.41, 5.74) is 1.44. The number of sulfonamides is 1. The van der Waals surface area contributed by atoms with Gasteiger partial charge in [0.05, 0.1) is 35.3 Å². The molecule has 0 bridgehead atoms. The zero-order valence-corrected chi connectivity index (χ0v) is 17.2. The Labute approximate surface area is 170 Å². The molecule has 148 valence electrons. The van der Waals surface area contributed by atoms with Gasteiger partial charge < -0.3 is 9.73 Å². The highest BCUT2D eigenvalue weighted by Gasteiger charge is 2.15. The fraction of sp³-hybridized carbons (Fsp3) is 0.188. The monoisotopic (exact) mass is 441 g/mol. The Morgan fingerprint density at radius 3 is 2.86 bits per heavy atom. The number of anilines is 2. The summed E-state index contributed by atoms with van der Waals surface area (Å²) in [6.07, 6.45) is 4.06. The molecule has 3 aromatic heterocycles. The van der Waals surface area contributed by atoms with Gasteiger partial charge in [0.1, 0.15) is 5.76 Å². The van der Waals surface area contributed by atoms with Crippen LogP contribution in [0.5, 0.6) is 0 Å². The van der Waals surface area contributed by atoms with Crippen LogP contribution in [0, 0.1) is 6.92 Å². The zero-order valence-electron chi connectivity index (χ0n) is 14.8. The van der Waals surface area contributed by atoms with Gasteiger partial charge in [-0.2, -0.15) is 0 Å². The highest BCUT2D eigenvalue weighted by atomic mass is 35.5. The predicted octanol–water partition coefficient (Wildman–Crippen LogP) is 3.45. The molecule has 3 N–H and O–H groups in total. The summed E-state index contributed by atoms with van der Waals surface area (Å²) in [6, 6.07) is 4.63. The van der Waals surface area contributed by atoms with E-state index < -0.39 is 16.1 Å². The number of nitrogens with zero attached hydrogens (tertiary/aromatic N) is 2. The van der Waals surface area contributed by atoms with Crippen LogP contribution in [0.25, 0.3) is 10.4 Å². The smallest absolute Gasteiger partial charge is 0.321 e. The maximum atomic E-state index is 12.0. The van der Waals surface area contributed by atoms with E-state index in [4.69, 9.17) is 16.0 Å². The van der Waals surface area contributed by atoms with E-state index in [1.165, 1.54) is 23.8 Å². The Kier molecular flexibility index (Phi) is 5.87. The fourth-order valence-electron chi connectivity index (χ4n) is 2.28. The van der Waals surface area contributed by atoms with Gasteiger partial charge in [0, 0.05) is 11.8 Å². The van der Waals surface area contributed by atoms with Crippen LogP contribution in [0.1, 0.15) is 11.5 Å². The van der Waals surface area contributed by atoms with E-state index in [1.54, 1.807) is 25.1 Å². The molecule has 0 aromatic carbocycles. The van der Waals surface area contributed by atoms with Gasteiger partial charge in [-0.25, -0.2) is 23.2 Å². The van der Waals surface area contributed by atoms with Crippen molar-refractivity contribution in [1.29, 1.82) is 0 Å². The van der Waals surface area contributed by atoms with Crippen LogP contribution < -0.4 is 15.4 Å². The molecule has 0 aliphatic heterocycles. The van der Waals surface area contributed by atoms with E-state index in [1.807, 2.05) is 0 Å². The number of hydrogen-bond donors (Lipinski definition) is 3. The van der Waals surface area contributed by atoms with E-state index in [9.17, 15) is 13.2 Å². The van der Waals surface area contributed by atoms with Gasteiger partial charge in [0.25, 0.3) is 0 Å². The van der Waals surface area contributed by atoms with Gasteiger partial charge in [0.2, 0.25) is 10.0 Å². The standard InChI is InChI=1S/C16H16ClN5O4S2/c1-9-13(10-6-12(14(17)18-7-10)22-28(2,24)25)27-16(20-9)21-15(23)19-8-11-4-3-5-26-11/h3-7,22H,8H2,1-2H3,(H2,19,20,21,23). The third-order valence-corrected chi connectivity index (χ3v) is 5.43. The molecule has 0 radical (unpaired) electrons. The molecule has 0 saturated carbocycles. The number of amides is 2. The van der Waals surface area contributed by atoms with Gasteiger partial charge >= 0.3 is 6.03 Å². The third-order valence-electron chi connectivity index (χ3n) is 3.42. The van der Waals surface area contributed by atoms with Crippen molar-refractivity contribution in [1.82, 2.24) is 15.3 Å². The minimum atomic E-state index is -3.50. The number of rotatable bonds is 6. The van der Waals surface area contributed by atoms with Crippen molar-refractivity contribution in [2.24, 2.45) is 0 Å². The highest BCUT2D eigenvalue weighted by Crippen LogP contribution is 2.35. The Morgan fingerprint density at radius 1 is 1.39 bits per heavy atom. The number of aromatic nitrogens is 2. The second-order valence-electron chi connectivity index (χ2n) is 5.76. The second-order valence-corrected chi connectivity index (χ2v) is 8.86. The maximum Gasteiger partial charge on any atom is 0.321 e. The van der Waals surface area contributed by atoms with E-state index in [-0.39, 0.29) is 17.4 Å². The largest absolute Gasteiger partial charge is 0.467 e. The summed E-state index contributed by atoms with van der Waals surface area (Å²) in [7, 11) is -3.50. The molecule has 28 heavy (non-hydrogen) atoms. The van der Waals surface area contributed by atoms with Gasteiger partial charge in [-0.05, 0) is 25.1 Å². The normalized spacial score (nSPS) is 11.2. The van der Waals surface area contributed by atoms with Gasteiger partial charge in [0.15, 0.2) is 10.3 Å². The van der Waals surface area contributed by atoms with Crippen LogP contribution in [0.3, 0.4) is 0 Å². The number of aryl methyl sites for hydroxylation is 1. The highest BCUT2D eigenvalue weighted by molar-refractivity contribution is 7.92. The van der Waals surface area contributed by atoms with Gasteiger partial charge in [-0.1, -0.05) is 22.9 Å². The lowest BCUT2D eigenvalue weighted by atomic mass is 10.2. The first-order chi connectivity index (χ1) is 13.2. The Hall–Kier alpha value is -2.63. The van der Waals surface area contributed by atoms with Crippen LogP contribution >= 0.6 is 22.9 Å². The van der Waals surface area contributed by atoms with Gasteiger partial charge in [-0.3, -0.25) is 10.0 Å². The SMILES string of the molecule is Cc1nc(NC(=O)NCc2ccco2)sc1-c1cnc(Cl)c(NS(C)(=O)=O)c1. The molecule has 2 amide bonds. The summed E-state index contributed by atoms with van der Waals surface area (Å²) < 4.78 is 30.4. The van der Waals surface area contributed by atoms with Crippen molar-refractivity contribution in [3.05, 3.63) is 47.3 Å². The number of carbonyl (C=O) groups excluding carboxylic acids is 1. The van der Waals surface area contributed by atoms with Gasteiger partial charge in [-0.15, -0.1) is 0 Å². The molecule has 0 fully saturated rings. The Bertz CT molecular complexity index is 1100.